The van der Waals surface area contributed by atoms with Gasteiger partial charge in [-0.1, -0.05) is 200 Å². The van der Waals surface area contributed by atoms with Crippen molar-refractivity contribution in [1.82, 2.24) is 0 Å². The van der Waals surface area contributed by atoms with Gasteiger partial charge >= 0.3 is 0 Å². The molecule has 0 amide bonds. The highest BCUT2D eigenvalue weighted by Gasteiger charge is 2.51. The van der Waals surface area contributed by atoms with Crippen LogP contribution in [0, 0.1) is 0 Å². The van der Waals surface area contributed by atoms with Crippen molar-refractivity contribution >= 4 is 67.4 Å². The van der Waals surface area contributed by atoms with E-state index in [0.717, 1.165) is 11.4 Å². The third-order valence-corrected chi connectivity index (χ3v) is 17.0. The van der Waals surface area contributed by atoms with Crippen molar-refractivity contribution in [1.29, 1.82) is 0 Å². The van der Waals surface area contributed by atoms with Gasteiger partial charge in [0.15, 0.2) is 8.07 Å². The third kappa shape index (κ3) is 5.38. The van der Waals surface area contributed by atoms with Gasteiger partial charge in [0.05, 0.1) is 0 Å². The number of hydrogen-bond donors (Lipinski definition) is 0. The first-order valence-electron chi connectivity index (χ1n) is 20.1. The minimum atomic E-state index is -2.89. The standard InChI is InChI=1S/C56H39NSi/c1-5-18-40(19-6-1)49-30-15-22-42-23-16-31-50(55(42)49)41-34-36-46(37-35-41)57(45-24-7-2-8-25-45)53-33-17-32-51-52-38-43-20-13-14-21-44(43)39-54(52)58(56(51)53,47-26-9-3-10-27-47)48-28-11-4-12-29-48/h1-39H. The summed E-state index contributed by atoms with van der Waals surface area (Å²) in [4.78, 5) is 2.50. The molecule has 1 aliphatic rings. The van der Waals surface area contributed by atoms with E-state index in [9.17, 15) is 0 Å². The first-order valence-corrected chi connectivity index (χ1v) is 22.1. The Morgan fingerprint density at radius 3 is 1.40 bits per heavy atom. The molecule has 0 saturated heterocycles. The molecule has 0 bridgehead atoms. The van der Waals surface area contributed by atoms with Crippen LogP contribution in [-0.2, 0) is 0 Å². The molecule has 0 spiro atoms. The van der Waals surface area contributed by atoms with Crippen molar-refractivity contribution in [3.63, 3.8) is 0 Å². The Labute approximate surface area is 340 Å². The summed E-state index contributed by atoms with van der Waals surface area (Å²) in [5.41, 5.74) is 11.0. The zero-order chi connectivity index (χ0) is 38.5. The summed E-state index contributed by atoms with van der Waals surface area (Å²) in [5, 5.41) is 10.7. The fraction of sp³-hybridized carbons (Fsp3) is 0. The second kappa shape index (κ2) is 14.0. The predicted octanol–water partition coefficient (Wildman–Crippen LogP) is 12.2. The van der Waals surface area contributed by atoms with E-state index in [0.29, 0.717) is 0 Å². The van der Waals surface area contributed by atoms with Crippen LogP contribution in [0.2, 0.25) is 0 Å². The maximum absolute atomic E-state index is 2.89. The Morgan fingerprint density at radius 2 is 0.776 bits per heavy atom. The Hall–Kier alpha value is -7.26. The number of fused-ring (bicyclic) bond motifs is 5. The fourth-order valence-corrected chi connectivity index (χ4v) is 15.0. The second-order valence-corrected chi connectivity index (χ2v) is 18.9. The summed E-state index contributed by atoms with van der Waals surface area (Å²) >= 11 is 0. The van der Waals surface area contributed by atoms with Crippen LogP contribution in [0.25, 0.3) is 54.9 Å². The minimum Gasteiger partial charge on any atom is -0.311 e. The molecule has 2 heteroatoms. The van der Waals surface area contributed by atoms with Gasteiger partial charge in [-0.3, -0.25) is 0 Å². The Balaban J connectivity index is 1.16. The molecule has 272 valence electrons. The number of anilines is 3. The lowest BCUT2D eigenvalue weighted by Crippen LogP contribution is -2.73. The molecule has 1 nitrogen and oxygen atoms in total. The third-order valence-electron chi connectivity index (χ3n) is 12.1. The Kier molecular flexibility index (Phi) is 8.23. The van der Waals surface area contributed by atoms with Gasteiger partial charge in [0.2, 0.25) is 0 Å². The van der Waals surface area contributed by atoms with Gasteiger partial charge in [-0.2, -0.15) is 0 Å². The van der Waals surface area contributed by atoms with E-state index in [1.54, 1.807) is 0 Å². The summed E-state index contributed by atoms with van der Waals surface area (Å²) in [5.74, 6) is 0. The van der Waals surface area contributed by atoms with E-state index in [4.69, 9.17) is 0 Å². The zero-order valence-electron chi connectivity index (χ0n) is 32.0. The van der Waals surface area contributed by atoms with Crippen molar-refractivity contribution in [3.05, 3.63) is 237 Å². The maximum Gasteiger partial charge on any atom is 0.183 e. The van der Waals surface area contributed by atoms with Crippen LogP contribution in [0.5, 0.6) is 0 Å². The quantitative estimate of drug-likeness (QED) is 0.147. The monoisotopic (exact) mass is 753 g/mol. The molecule has 0 aromatic heterocycles. The van der Waals surface area contributed by atoms with E-state index in [1.165, 1.54) is 81.4 Å². The number of para-hydroxylation sites is 1. The Bertz CT molecular complexity index is 3040. The van der Waals surface area contributed by atoms with Crippen LogP contribution < -0.4 is 25.6 Å². The largest absolute Gasteiger partial charge is 0.311 e. The van der Waals surface area contributed by atoms with Gasteiger partial charge in [-0.15, -0.1) is 0 Å². The molecule has 0 N–H and O–H groups in total. The van der Waals surface area contributed by atoms with E-state index >= 15 is 0 Å². The summed E-state index contributed by atoms with van der Waals surface area (Å²) in [6.45, 7) is 0. The Morgan fingerprint density at radius 1 is 0.310 bits per heavy atom. The SMILES string of the molecule is c1ccc(-c2cccc3cccc(-c4ccc(N(c5ccccc5)c5cccc6c5[Si](c5ccccc5)(c5ccccc5)c5cc7ccccc7cc5-6)cc4)c23)cc1. The molecule has 1 aliphatic heterocycles. The lowest BCUT2D eigenvalue weighted by atomic mass is 9.91. The van der Waals surface area contributed by atoms with Crippen LogP contribution in [0.4, 0.5) is 17.1 Å². The summed E-state index contributed by atoms with van der Waals surface area (Å²) in [6.07, 6.45) is 0. The van der Waals surface area contributed by atoms with E-state index < -0.39 is 8.07 Å². The van der Waals surface area contributed by atoms with Crippen LogP contribution in [0.1, 0.15) is 0 Å². The molecule has 1 heterocycles. The van der Waals surface area contributed by atoms with Gasteiger partial charge in [0, 0.05) is 17.1 Å². The normalized spacial score (nSPS) is 12.6. The number of rotatable bonds is 7. The van der Waals surface area contributed by atoms with Crippen molar-refractivity contribution in [3.8, 4) is 33.4 Å². The minimum absolute atomic E-state index is 1.12. The molecule has 0 radical (unpaired) electrons. The summed E-state index contributed by atoms with van der Waals surface area (Å²) in [7, 11) is -2.89. The number of benzene rings is 10. The average Bonchev–Trinajstić information content (AvgIpc) is 3.60. The molecule has 10 aromatic rings. The van der Waals surface area contributed by atoms with E-state index in [-0.39, 0.29) is 0 Å². The summed E-state index contributed by atoms with van der Waals surface area (Å²) < 4.78 is 0. The molecule has 0 fully saturated rings. The molecule has 58 heavy (non-hydrogen) atoms. The predicted molar refractivity (Wildman–Crippen MR) is 250 cm³/mol. The number of hydrogen-bond acceptors (Lipinski definition) is 1. The van der Waals surface area contributed by atoms with E-state index in [1.807, 2.05) is 0 Å². The van der Waals surface area contributed by atoms with Crippen molar-refractivity contribution < 1.29 is 0 Å². The summed E-state index contributed by atoms with van der Waals surface area (Å²) in [6, 6.07) is 87.7. The molecule has 11 rings (SSSR count). The van der Waals surface area contributed by atoms with Crippen molar-refractivity contribution in [2.75, 3.05) is 4.90 Å². The molecule has 0 atom stereocenters. The molecular formula is C56H39NSi. The molecule has 10 aromatic carbocycles. The van der Waals surface area contributed by atoms with Gasteiger partial charge in [0.25, 0.3) is 0 Å². The number of nitrogens with zero attached hydrogens (tertiary/aromatic N) is 1. The van der Waals surface area contributed by atoms with Crippen molar-refractivity contribution in [2.45, 2.75) is 0 Å². The van der Waals surface area contributed by atoms with Crippen molar-refractivity contribution in [2.24, 2.45) is 0 Å². The van der Waals surface area contributed by atoms with Gasteiger partial charge in [-0.05, 0) is 112 Å². The second-order valence-electron chi connectivity index (χ2n) is 15.2. The topological polar surface area (TPSA) is 3.24 Å². The molecule has 0 unspecified atom stereocenters. The average molecular weight is 754 g/mol. The molecular weight excluding hydrogens is 715 g/mol. The fourth-order valence-electron chi connectivity index (χ4n) is 9.63. The first kappa shape index (κ1) is 34.0. The lowest BCUT2D eigenvalue weighted by Gasteiger charge is -2.36. The van der Waals surface area contributed by atoms with Crippen LogP contribution in [0.3, 0.4) is 0 Å². The van der Waals surface area contributed by atoms with Gasteiger partial charge in [-0.25, -0.2) is 0 Å². The van der Waals surface area contributed by atoms with Crippen LogP contribution in [-0.4, -0.2) is 8.07 Å². The molecule has 0 aliphatic carbocycles. The van der Waals surface area contributed by atoms with E-state index in [2.05, 4.69) is 241 Å². The maximum atomic E-state index is 2.51. The van der Waals surface area contributed by atoms with Gasteiger partial charge in [0.1, 0.15) is 0 Å². The highest BCUT2D eigenvalue weighted by Crippen LogP contribution is 2.42. The molecule has 0 saturated carbocycles. The highest BCUT2D eigenvalue weighted by atomic mass is 28.3. The van der Waals surface area contributed by atoms with Crippen LogP contribution in [0.15, 0.2) is 237 Å². The zero-order valence-corrected chi connectivity index (χ0v) is 33.0. The smallest absolute Gasteiger partial charge is 0.183 e. The van der Waals surface area contributed by atoms with Gasteiger partial charge < -0.3 is 4.90 Å². The lowest BCUT2D eigenvalue weighted by molar-refractivity contribution is 1.29. The van der Waals surface area contributed by atoms with Crippen LogP contribution >= 0.6 is 0 Å². The highest BCUT2D eigenvalue weighted by molar-refractivity contribution is 7.22. The first-order chi connectivity index (χ1) is 28.8.